The molecule has 18 heteroatoms. The van der Waals surface area contributed by atoms with Crippen molar-refractivity contribution in [2.24, 2.45) is 0 Å². The Morgan fingerprint density at radius 3 is 1.53 bits per heavy atom. The summed E-state index contributed by atoms with van der Waals surface area (Å²) in [5.41, 5.74) is -19.4. The molecule has 5 aromatic carbocycles. The molecular formula is C50H17F9N8O. The lowest BCUT2D eigenvalue weighted by Crippen LogP contribution is -2.20. The molecule has 0 radical (unpaired) electrons. The van der Waals surface area contributed by atoms with Gasteiger partial charge >= 0.3 is 18.7 Å². The number of hydrogen-bond acceptors (Lipinski definition) is 5. The summed E-state index contributed by atoms with van der Waals surface area (Å²) in [6.07, 6.45) is -16.9. The van der Waals surface area contributed by atoms with Crippen molar-refractivity contribution in [3.8, 4) is 30.0 Å². The zero-order valence-corrected chi connectivity index (χ0v) is 34.0. The fourth-order valence-electron chi connectivity index (χ4n) is 8.16. The van der Waals surface area contributed by atoms with Crippen LogP contribution in [0.5, 0.6) is 5.75 Å². The van der Waals surface area contributed by atoms with Gasteiger partial charge in [0, 0.05) is 39.0 Å². The minimum atomic E-state index is -5.84. The highest BCUT2D eigenvalue weighted by Crippen LogP contribution is 2.64. The molecule has 5 aromatic rings. The first kappa shape index (κ1) is 46.2. The lowest BCUT2D eigenvalue weighted by molar-refractivity contribution is -0.274. The second-order valence-corrected chi connectivity index (χ2v) is 14.6. The second kappa shape index (κ2) is 16.9. The van der Waals surface area contributed by atoms with E-state index in [4.69, 9.17) is 26.3 Å². The molecule has 68 heavy (non-hydrogen) atoms. The number of hydrogen-bond donors (Lipinski definition) is 0. The van der Waals surface area contributed by atoms with Gasteiger partial charge in [-0.05, 0) is 82.3 Å². The van der Waals surface area contributed by atoms with E-state index in [1.807, 2.05) is 0 Å². The fourth-order valence-corrected chi connectivity index (χ4v) is 8.16. The molecule has 0 spiro atoms. The molecule has 2 aliphatic carbocycles. The fraction of sp³-hybridized carbons (Fsp3) is 0.0800. The highest BCUT2D eigenvalue weighted by molar-refractivity contribution is 6.35. The lowest BCUT2D eigenvalue weighted by atomic mass is 9.80. The first-order valence-corrected chi connectivity index (χ1v) is 18.9. The van der Waals surface area contributed by atoms with Crippen LogP contribution in [-0.2, 0) is 12.4 Å². The summed E-state index contributed by atoms with van der Waals surface area (Å²) in [6, 6.07) is 21.1. The zero-order valence-electron chi connectivity index (χ0n) is 34.0. The molecule has 0 saturated carbocycles. The van der Waals surface area contributed by atoms with E-state index in [9.17, 15) is 34.2 Å². The van der Waals surface area contributed by atoms with Gasteiger partial charge in [-0.1, -0.05) is 54.1 Å². The summed E-state index contributed by atoms with van der Waals surface area (Å²) in [7, 11) is 0. The van der Waals surface area contributed by atoms with E-state index in [1.165, 1.54) is 30.3 Å². The van der Waals surface area contributed by atoms with Crippen LogP contribution in [0, 0.1) is 78.5 Å². The Morgan fingerprint density at radius 2 is 1.06 bits per heavy atom. The van der Waals surface area contributed by atoms with E-state index < -0.39 is 119 Å². The second-order valence-electron chi connectivity index (χ2n) is 14.6. The predicted octanol–water partition coefficient (Wildman–Crippen LogP) is 14.2. The van der Waals surface area contributed by atoms with Crippen molar-refractivity contribution in [2.75, 3.05) is 0 Å². The SMILES string of the molecule is [C-]#[N+]C1=C(c2ccc(C)cc2)/C(=C(\[N+]#[C-])c2cc(C#N)cc([N+]#[C-])c2)c2c1c(C(F)(F)F)c1c(c2C(F)(F)F)C(=C(C#N)c2cc(C#N)cc([N+]#[C-])c2)C(c2ccc(OC(F)(F)F)cc2)=C1C#N. The molecular weight excluding hydrogens is 900 g/mol. The van der Waals surface area contributed by atoms with Gasteiger partial charge in [0.15, 0.2) is 17.1 Å². The third-order valence-electron chi connectivity index (χ3n) is 10.6. The maximum Gasteiger partial charge on any atom is 0.573 e. The van der Waals surface area contributed by atoms with Crippen LogP contribution in [0.15, 0.2) is 84.9 Å². The van der Waals surface area contributed by atoms with Crippen molar-refractivity contribution in [3.05, 3.63) is 203 Å². The monoisotopic (exact) mass is 916 g/mol. The maximum absolute atomic E-state index is 16.7. The quantitative estimate of drug-likeness (QED) is 0.0987. The highest BCUT2D eigenvalue weighted by Gasteiger charge is 2.54. The number of halogens is 9. The minimum Gasteiger partial charge on any atom is -0.406 e. The van der Waals surface area contributed by atoms with Crippen LogP contribution in [0.1, 0.15) is 72.3 Å². The van der Waals surface area contributed by atoms with Gasteiger partial charge in [0.1, 0.15) is 17.9 Å². The summed E-state index contributed by atoms with van der Waals surface area (Å²) in [6.45, 7) is 33.6. The van der Waals surface area contributed by atoms with Gasteiger partial charge in [0.2, 0.25) is 5.70 Å². The van der Waals surface area contributed by atoms with Crippen LogP contribution in [-0.4, -0.2) is 6.36 Å². The summed E-state index contributed by atoms with van der Waals surface area (Å²) in [4.78, 5) is 13.4. The first-order chi connectivity index (χ1) is 32.2. The Hall–Kier alpha value is -9.85. The smallest absolute Gasteiger partial charge is 0.406 e. The number of ether oxygens (including phenoxy) is 1. The summed E-state index contributed by atoms with van der Waals surface area (Å²) in [5.74, 6) is -0.893. The maximum atomic E-state index is 16.7. The normalized spacial score (nSPS) is 14.4. The van der Waals surface area contributed by atoms with Gasteiger partial charge in [0.05, 0.1) is 60.7 Å². The van der Waals surface area contributed by atoms with Gasteiger partial charge < -0.3 is 4.74 Å². The van der Waals surface area contributed by atoms with E-state index in [0.29, 0.717) is 17.7 Å². The van der Waals surface area contributed by atoms with Gasteiger partial charge in [-0.2, -0.15) is 47.4 Å². The van der Waals surface area contributed by atoms with E-state index in [0.717, 1.165) is 48.5 Å². The molecule has 0 atom stereocenters. The molecule has 0 unspecified atom stereocenters. The van der Waals surface area contributed by atoms with Crippen LogP contribution in [0.2, 0.25) is 0 Å². The number of benzene rings is 5. The number of nitriles is 4. The number of alkyl halides is 9. The van der Waals surface area contributed by atoms with Crippen molar-refractivity contribution in [3.63, 3.8) is 0 Å². The molecule has 0 aliphatic heterocycles. The van der Waals surface area contributed by atoms with E-state index in [-0.39, 0.29) is 28.1 Å². The van der Waals surface area contributed by atoms with E-state index >= 15 is 26.3 Å². The Bertz CT molecular complexity index is 3510. The predicted molar refractivity (Wildman–Crippen MR) is 227 cm³/mol. The van der Waals surface area contributed by atoms with Crippen LogP contribution in [0.4, 0.5) is 50.9 Å². The molecule has 7 rings (SSSR count). The van der Waals surface area contributed by atoms with Gasteiger partial charge in [-0.25, -0.2) is 19.4 Å². The zero-order chi connectivity index (χ0) is 49.6. The van der Waals surface area contributed by atoms with Crippen LogP contribution in [0.25, 0.3) is 64.2 Å². The van der Waals surface area contributed by atoms with Crippen LogP contribution < -0.4 is 4.74 Å². The Labute approximate surface area is 379 Å². The number of aryl methyl sites for hydroxylation is 1. The van der Waals surface area contributed by atoms with Crippen LogP contribution >= 0.6 is 0 Å². The van der Waals surface area contributed by atoms with Gasteiger partial charge in [-0.15, -0.1) is 13.2 Å². The Kier molecular flexibility index (Phi) is 11.5. The molecule has 0 N–H and O–H groups in total. The standard InChI is InChI=1S/C50H17F9N8O/c1-24-6-8-28(9-7-24)37-42(46(66-4)30-15-26(21-61)17-32(19-30)65-3)41-43(47(37)67-5)44(48(51,52)53)39-35(23-63)36(27-10-12-33(13-11-27)68-50(57,58)59)38(40(39)45(41)49(54,55)56)34(22-62)29-14-25(20-60)16-31(18-29)64-2/h6-19H,1H3/b38-34?,46-42+. The minimum absolute atomic E-state index is 0.149. The molecule has 0 bridgehead atoms. The molecule has 0 amide bonds. The number of fused-ring (bicyclic) bond motifs is 2. The molecule has 0 fully saturated rings. The van der Waals surface area contributed by atoms with Gasteiger partial charge in [0.25, 0.3) is 0 Å². The number of nitrogens with zero attached hydrogens (tertiary/aromatic N) is 8. The lowest BCUT2D eigenvalue weighted by Gasteiger charge is -2.26. The topological polar surface area (TPSA) is 122 Å². The number of allylic oxidation sites excluding steroid dienone is 6. The van der Waals surface area contributed by atoms with Gasteiger partial charge in [-0.3, -0.25) is 0 Å². The van der Waals surface area contributed by atoms with Crippen molar-refractivity contribution in [1.82, 2.24) is 0 Å². The highest BCUT2D eigenvalue weighted by atomic mass is 19.4. The Morgan fingerprint density at radius 1 is 0.559 bits per heavy atom. The molecule has 0 saturated heterocycles. The first-order valence-electron chi connectivity index (χ1n) is 18.9. The average molecular weight is 917 g/mol. The molecule has 0 heterocycles. The number of rotatable bonds is 5. The van der Waals surface area contributed by atoms with E-state index in [1.54, 1.807) is 25.1 Å². The summed E-state index contributed by atoms with van der Waals surface area (Å²) >= 11 is 0. The summed E-state index contributed by atoms with van der Waals surface area (Å²) < 4.78 is 143. The van der Waals surface area contributed by atoms with Crippen molar-refractivity contribution in [1.29, 1.82) is 21.0 Å². The Balaban J connectivity index is 1.84. The molecule has 0 aromatic heterocycles. The molecule has 9 nitrogen and oxygen atoms in total. The third kappa shape index (κ3) is 7.89. The van der Waals surface area contributed by atoms with Crippen LogP contribution in [0.3, 0.4) is 0 Å². The van der Waals surface area contributed by atoms with E-state index in [2.05, 4.69) is 24.1 Å². The third-order valence-corrected chi connectivity index (χ3v) is 10.6. The van der Waals surface area contributed by atoms with Crippen molar-refractivity contribution >= 4 is 56.2 Å². The molecule has 2 aliphatic rings. The average Bonchev–Trinajstić information content (AvgIpc) is 3.79. The molecule has 326 valence electrons. The van der Waals surface area contributed by atoms with Crippen molar-refractivity contribution in [2.45, 2.75) is 25.6 Å². The summed E-state index contributed by atoms with van der Waals surface area (Å²) in [5, 5.41) is 41.6. The largest absolute Gasteiger partial charge is 0.573 e. The van der Waals surface area contributed by atoms with Crippen molar-refractivity contribution < 1.29 is 44.3 Å².